The van der Waals surface area contributed by atoms with Crippen LogP contribution in [0.4, 0.5) is 0 Å². The molecule has 2 nitrogen and oxygen atoms in total. The molecular weight excluding hydrogens is 337 g/mol. The Labute approximate surface area is 123 Å². The molecule has 0 amide bonds. The van der Waals surface area contributed by atoms with Crippen molar-refractivity contribution in [3.8, 4) is 0 Å². The molecule has 1 aromatic heterocycles. The van der Waals surface area contributed by atoms with Gasteiger partial charge in [-0.25, -0.2) is 0 Å². The second-order valence-corrected chi connectivity index (χ2v) is 5.43. The van der Waals surface area contributed by atoms with Crippen LogP contribution in [0.3, 0.4) is 0 Å². The lowest BCUT2D eigenvalue weighted by molar-refractivity contribution is 0.0992. The van der Waals surface area contributed by atoms with Crippen LogP contribution in [-0.2, 0) is 6.42 Å². The van der Waals surface area contributed by atoms with E-state index >= 15 is 0 Å². The zero-order valence-corrected chi connectivity index (χ0v) is 12.3. The number of ketones is 1. The summed E-state index contributed by atoms with van der Waals surface area (Å²) < 4.78 is 0.883. The van der Waals surface area contributed by atoms with Crippen LogP contribution in [-0.4, -0.2) is 10.8 Å². The Bertz CT molecular complexity index is 584. The summed E-state index contributed by atoms with van der Waals surface area (Å²) in [5.74, 6) is -0.0385. The fourth-order valence-corrected chi connectivity index (χ4v) is 1.98. The molecule has 0 N–H and O–H groups in total. The Morgan fingerprint density at radius 2 is 1.94 bits per heavy atom. The third-order valence-corrected chi connectivity index (χ3v) is 3.58. The third-order valence-electron chi connectivity index (χ3n) is 2.37. The van der Waals surface area contributed by atoms with Crippen molar-refractivity contribution in [1.29, 1.82) is 0 Å². The molecule has 0 fully saturated rings. The largest absolute Gasteiger partial charge is 0.294 e. The topological polar surface area (TPSA) is 30.0 Å². The zero-order chi connectivity index (χ0) is 13.1. The van der Waals surface area contributed by atoms with Gasteiger partial charge < -0.3 is 0 Å². The standard InChI is InChI=1S/C13H8BrCl2NO/c14-9-2-3-10(17-7-9)6-13(18)8-1-4-11(15)12(16)5-8/h1-5,7H,6H2. The van der Waals surface area contributed by atoms with Crippen molar-refractivity contribution in [1.82, 2.24) is 4.98 Å². The number of benzene rings is 1. The summed E-state index contributed by atoms with van der Waals surface area (Å²) in [7, 11) is 0. The highest BCUT2D eigenvalue weighted by molar-refractivity contribution is 9.10. The maximum absolute atomic E-state index is 12.0. The minimum absolute atomic E-state index is 0.0385. The second kappa shape index (κ2) is 5.83. The van der Waals surface area contributed by atoms with Gasteiger partial charge in [0, 0.05) is 21.9 Å². The van der Waals surface area contributed by atoms with Crippen molar-refractivity contribution in [3.63, 3.8) is 0 Å². The van der Waals surface area contributed by atoms with Crippen LogP contribution in [0.15, 0.2) is 41.0 Å². The van der Waals surface area contributed by atoms with E-state index in [2.05, 4.69) is 20.9 Å². The molecule has 2 aromatic rings. The van der Waals surface area contributed by atoms with E-state index in [0.717, 1.165) is 4.47 Å². The van der Waals surface area contributed by atoms with Crippen molar-refractivity contribution < 1.29 is 4.79 Å². The minimum Gasteiger partial charge on any atom is -0.294 e. The Morgan fingerprint density at radius 1 is 1.17 bits per heavy atom. The molecule has 0 saturated heterocycles. The molecule has 0 aliphatic heterocycles. The van der Waals surface area contributed by atoms with Crippen molar-refractivity contribution in [2.75, 3.05) is 0 Å². The van der Waals surface area contributed by atoms with Crippen LogP contribution in [0, 0.1) is 0 Å². The first-order valence-electron chi connectivity index (χ1n) is 5.15. The summed E-state index contributed by atoms with van der Waals surface area (Å²) in [6.45, 7) is 0. The van der Waals surface area contributed by atoms with Gasteiger partial charge in [0.25, 0.3) is 0 Å². The van der Waals surface area contributed by atoms with E-state index in [0.29, 0.717) is 21.3 Å². The summed E-state index contributed by atoms with van der Waals surface area (Å²) in [5, 5.41) is 0.821. The van der Waals surface area contributed by atoms with Crippen LogP contribution in [0.25, 0.3) is 0 Å². The number of halogens is 3. The Hall–Kier alpha value is -0.900. The lowest BCUT2D eigenvalue weighted by atomic mass is 10.1. The number of hydrogen-bond donors (Lipinski definition) is 0. The first-order chi connectivity index (χ1) is 8.56. The van der Waals surface area contributed by atoms with Gasteiger partial charge in [0.2, 0.25) is 0 Å². The molecule has 5 heteroatoms. The Morgan fingerprint density at radius 3 is 2.56 bits per heavy atom. The van der Waals surface area contributed by atoms with E-state index in [1.807, 2.05) is 6.07 Å². The monoisotopic (exact) mass is 343 g/mol. The fraction of sp³-hybridized carbons (Fsp3) is 0.0769. The average Bonchev–Trinajstić information content (AvgIpc) is 2.35. The number of pyridine rings is 1. The fourth-order valence-electron chi connectivity index (χ4n) is 1.45. The molecule has 1 aromatic carbocycles. The van der Waals surface area contributed by atoms with Crippen molar-refractivity contribution >= 4 is 44.9 Å². The number of nitrogens with zero attached hydrogens (tertiary/aromatic N) is 1. The molecule has 92 valence electrons. The third kappa shape index (κ3) is 3.31. The molecule has 0 spiro atoms. The SMILES string of the molecule is O=C(Cc1ccc(Br)cn1)c1ccc(Cl)c(Cl)c1. The molecule has 0 unspecified atom stereocenters. The molecule has 0 atom stereocenters. The smallest absolute Gasteiger partial charge is 0.168 e. The highest BCUT2D eigenvalue weighted by atomic mass is 79.9. The van der Waals surface area contributed by atoms with E-state index in [1.165, 1.54) is 0 Å². The highest BCUT2D eigenvalue weighted by Gasteiger charge is 2.09. The molecule has 0 aliphatic carbocycles. The summed E-state index contributed by atoms with van der Waals surface area (Å²) >= 11 is 15.0. The lowest BCUT2D eigenvalue weighted by Gasteiger charge is -2.03. The Kier molecular flexibility index (Phi) is 4.38. The number of carbonyl (C=O) groups is 1. The van der Waals surface area contributed by atoms with Crippen molar-refractivity contribution in [2.45, 2.75) is 6.42 Å². The lowest BCUT2D eigenvalue weighted by Crippen LogP contribution is -2.04. The van der Waals surface area contributed by atoms with Gasteiger partial charge in [0.05, 0.1) is 16.5 Å². The molecule has 0 saturated carbocycles. The number of aromatic nitrogens is 1. The van der Waals surface area contributed by atoms with E-state index in [4.69, 9.17) is 23.2 Å². The number of Topliss-reactive ketones (excluding diaryl/α,β-unsaturated/α-hetero) is 1. The molecule has 18 heavy (non-hydrogen) atoms. The van der Waals surface area contributed by atoms with E-state index in [1.54, 1.807) is 30.5 Å². The molecule has 0 aliphatic rings. The van der Waals surface area contributed by atoms with Crippen LogP contribution in [0.5, 0.6) is 0 Å². The zero-order valence-electron chi connectivity index (χ0n) is 9.16. The quantitative estimate of drug-likeness (QED) is 0.763. The van der Waals surface area contributed by atoms with Crippen LogP contribution < -0.4 is 0 Å². The maximum Gasteiger partial charge on any atom is 0.168 e. The van der Waals surface area contributed by atoms with E-state index < -0.39 is 0 Å². The summed E-state index contributed by atoms with van der Waals surface area (Å²) in [5.41, 5.74) is 1.25. The van der Waals surface area contributed by atoms with Crippen molar-refractivity contribution in [3.05, 3.63) is 62.3 Å². The van der Waals surface area contributed by atoms with Gasteiger partial charge in [0.15, 0.2) is 5.78 Å². The first-order valence-corrected chi connectivity index (χ1v) is 6.70. The highest BCUT2D eigenvalue weighted by Crippen LogP contribution is 2.23. The molecule has 0 radical (unpaired) electrons. The van der Waals surface area contributed by atoms with Gasteiger partial charge >= 0.3 is 0 Å². The predicted octanol–water partition coefficient (Wildman–Crippen LogP) is 4.58. The van der Waals surface area contributed by atoms with E-state index in [-0.39, 0.29) is 12.2 Å². The summed E-state index contributed by atoms with van der Waals surface area (Å²) in [4.78, 5) is 16.2. The van der Waals surface area contributed by atoms with Crippen molar-refractivity contribution in [2.24, 2.45) is 0 Å². The van der Waals surface area contributed by atoms with Gasteiger partial charge in [-0.2, -0.15) is 0 Å². The average molecular weight is 345 g/mol. The number of carbonyl (C=O) groups excluding carboxylic acids is 1. The van der Waals surface area contributed by atoms with E-state index in [9.17, 15) is 4.79 Å². The van der Waals surface area contributed by atoms with Gasteiger partial charge in [-0.1, -0.05) is 23.2 Å². The molecule has 0 bridgehead atoms. The predicted molar refractivity (Wildman–Crippen MR) is 76.4 cm³/mol. The number of hydrogen-bond acceptors (Lipinski definition) is 2. The first kappa shape index (κ1) is 13.5. The normalized spacial score (nSPS) is 10.4. The number of rotatable bonds is 3. The van der Waals surface area contributed by atoms with Gasteiger partial charge in [-0.05, 0) is 46.3 Å². The van der Waals surface area contributed by atoms with Gasteiger partial charge in [-0.15, -0.1) is 0 Å². The van der Waals surface area contributed by atoms with Crippen LogP contribution in [0.2, 0.25) is 10.0 Å². The maximum atomic E-state index is 12.0. The van der Waals surface area contributed by atoms with Crippen LogP contribution in [0.1, 0.15) is 16.1 Å². The van der Waals surface area contributed by atoms with Crippen LogP contribution >= 0.6 is 39.1 Å². The Balaban J connectivity index is 2.16. The molecule has 2 rings (SSSR count). The minimum atomic E-state index is -0.0385. The van der Waals surface area contributed by atoms with Gasteiger partial charge in [0.1, 0.15) is 0 Å². The second-order valence-electron chi connectivity index (χ2n) is 3.70. The van der Waals surface area contributed by atoms with Gasteiger partial charge in [-0.3, -0.25) is 9.78 Å². The molecule has 1 heterocycles. The summed E-state index contributed by atoms with van der Waals surface area (Å²) in [6, 6.07) is 8.51. The molecular formula is C13H8BrCl2NO. The summed E-state index contributed by atoms with van der Waals surface area (Å²) in [6.07, 6.45) is 1.91.